The summed E-state index contributed by atoms with van der Waals surface area (Å²) < 4.78 is 18.2. The number of H-pyrrole nitrogens is 1. The Morgan fingerprint density at radius 1 is 1.41 bits per heavy atom. The number of pyridine rings is 1. The van der Waals surface area contributed by atoms with Crippen LogP contribution in [-0.2, 0) is 4.74 Å². The molecule has 2 rings (SSSR count). The number of halogens is 1. The van der Waals surface area contributed by atoms with Crippen LogP contribution in [0.5, 0.6) is 0 Å². The molecule has 88 valence electrons. The van der Waals surface area contributed by atoms with Crippen molar-refractivity contribution in [2.75, 3.05) is 6.61 Å². The third-order valence-electron chi connectivity index (χ3n) is 2.34. The Balaban J connectivity index is 2.72. The summed E-state index contributed by atoms with van der Waals surface area (Å²) in [5, 5.41) is 0.261. The van der Waals surface area contributed by atoms with Crippen LogP contribution >= 0.6 is 0 Å². The Morgan fingerprint density at radius 3 is 2.82 bits per heavy atom. The number of rotatable bonds is 2. The summed E-state index contributed by atoms with van der Waals surface area (Å²) in [6.45, 7) is 1.68. The van der Waals surface area contributed by atoms with Gasteiger partial charge in [-0.15, -0.1) is 0 Å². The minimum atomic E-state index is -0.966. The standard InChI is InChI=1S/C12H10FNO3/c1-2-17-12(16)9-10(15)7-5-3-4-6-8(7)14-11(9)13/h3-6H,2H2,1H3,(H,14,15). The lowest BCUT2D eigenvalue weighted by atomic mass is 10.1. The molecule has 4 nitrogen and oxygen atoms in total. The molecule has 0 unspecified atom stereocenters. The van der Waals surface area contributed by atoms with E-state index in [1.807, 2.05) is 0 Å². The highest BCUT2D eigenvalue weighted by molar-refractivity contribution is 5.93. The van der Waals surface area contributed by atoms with Gasteiger partial charge < -0.3 is 9.72 Å². The molecular weight excluding hydrogens is 225 g/mol. The van der Waals surface area contributed by atoms with Crippen LogP contribution in [0.3, 0.4) is 0 Å². The first kappa shape index (κ1) is 11.3. The van der Waals surface area contributed by atoms with E-state index in [9.17, 15) is 14.0 Å². The number of aromatic nitrogens is 1. The average Bonchev–Trinajstić information content (AvgIpc) is 2.29. The van der Waals surface area contributed by atoms with Crippen molar-refractivity contribution in [3.63, 3.8) is 0 Å². The first-order valence-corrected chi connectivity index (χ1v) is 5.12. The summed E-state index contributed by atoms with van der Waals surface area (Å²) in [5.74, 6) is -1.91. The van der Waals surface area contributed by atoms with E-state index in [1.54, 1.807) is 25.1 Å². The van der Waals surface area contributed by atoms with Crippen LogP contribution in [0.25, 0.3) is 10.9 Å². The van der Waals surface area contributed by atoms with Crippen LogP contribution in [0.4, 0.5) is 4.39 Å². The maximum Gasteiger partial charge on any atom is 0.346 e. The number of aromatic amines is 1. The first-order chi connectivity index (χ1) is 8.15. The van der Waals surface area contributed by atoms with Gasteiger partial charge in [0.1, 0.15) is 0 Å². The maximum atomic E-state index is 13.6. The molecule has 1 heterocycles. The Bertz CT molecular complexity index is 633. The number of esters is 1. The highest BCUT2D eigenvalue weighted by atomic mass is 19.1. The Kier molecular flexibility index (Phi) is 2.91. The Morgan fingerprint density at radius 2 is 2.12 bits per heavy atom. The lowest BCUT2D eigenvalue weighted by molar-refractivity contribution is 0.0518. The van der Waals surface area contributed by atoms with Crippen molar-refractivity contribution in [3.05, 3.63) is 46.0 Å². The van der Waals surface area contributed by atoms with Gasteiger partial charge in [-0.25, -0.2) is 4.79 Å². The zero-order valence-corrected chi connectivity index (χ0v) is 9.12. The van der Waals surface area contributed by atoms with Crippen LogP contribution in [0.2, 0.25) is 0 Å². The Labute approximate surface area is 96.0 Å². The predicted octanol–water partition coefficient (Wildman–Crippen LogP) is 1.84. The van der Waals surface area contributed by atoms with Gasteiger partial charge in [-0.1, -0.05) is 12.1 Å². The molecule has 17 heavy (non-hydrogen) atoms. The number of carbonyl (C=O) groups is 1. The fraction of sp³-hybridized carbons (Fsp3) is 0.167. The average molecular weight is 235 g/mol. The van der Waals surface area contributed by atoms with Crippen molar-refractivity contribution in [3.8, 4) is 0 Å². The fourth-order valence-electron chi connectivity index (χ4n) is 1.59. The van der Waals surface area contributed by atoms with E-state index in [-0.39, 0.29) is 12.0 Å². The molecule has 0 aliphatic rings. The summed E-state index contributed by atoms with van der Waals surface area (Å²) in [6, 6.07) is 6.40. The van der Waals surface area contributed by atoms with Crippen molar-refractivity contribution >= 4 is 16.9 Å². The van der Waals surface area contributed by atoms with E-state index in [2.05, 4.69) is 9.72 Å². The van der Waals surface area contributed by atoms with Crippen LogP contribution in [0.15, 0.2) is 29.1 Å². The molecule has 0 radical (unpaired) electrons. The zero-order chi connectivity index (χ0) is 12.4. The zero-order valence-electron chi connectivity index (χ0n) is 9.12. The van der Waals surface area contributed by atoms with E-state index in [4.69, 9.17) is 0 Å². The van der Waals surface area contributed by atoms with Gasteiger partial charge in [0.2, 0.25) is 11.4 Å². The molecule has 0 bridgehead atoms. The van der Waals surface area contributed by atoms with Gasteiger partial charge in [-0.3, -0.25) is 4.79 Å². The molecule has 5 heteroatoms. The van der Waals surface area contributed by atoms with Gasteiger partial charge in [0.05, 0.1) is 12.1 Å². The van der Waals surface area contributed by atoms with E-state index < -0.39 is 22.9 Å². The number of benzene rings is 1. The van der Waals surface area contributed by atoms with Crippen LogP contribution < -0.4 is 5.43 Å². The van der Waals surface area contributed by atoms with Gasteiger partial charge in [-0.2, -0.15) is 4.39 Å². The van der Waals surface area contributed by atoms with Crippen LogP contribution in [-0.4, -0.2) is 17.6 Å². The second-order valence-electron chi connectivity index (χ2n) is 3.41. The number of nitrogens with one attached hydrogen (secondary N) is 1. The molecule has 1 N–H and O–H groups in total. The lowest BCUT2D eigenvalue weighted by Crippen LogP contribution is -2.21. The number of para-hydroxylation sites is 1. The lowest BCUT2D eigenvalue weighted by Gasteiger charge is -2.04. The number of fused-ring (bicyclic) bond motifs is 1. The number of carbonyl (C=O) groups excluding carboxylic acids is 1. The second-order valence-corrected chi connectivity index (χ2v) is 3.41. The summed E-state index contributed by atoms with van der Waals surface area (Å²) in [4.78, 5) is 25.7. The fourth-order valence-corrected chi connectivity index (χ4v) is 1.59. The van der Waals surface area contributed by atoms with Gasteiger partial charge in [-0.05, 0) is 19.1 Å². The van der Waals surface area contributed by atoms with E-state index >= 15 is 0 Å². The molecule has 0 aliphatic heterocycles. The van der Waals surface area contributed by atoms with Crippen LogP contribution in [0, 0.1) is 5.95 Å². The van der Waals surface area contributed by atoms with E-state index in [1.165, 1.54) is 6.07 Å². The first-order valence-electron chi connectivity index (χ1n) is 5.12. The smallest absolute Gasteiger partial charge is 0.346 e. The molecule has 2 aromatic rings. The van der Waals surface area contributed by atoms with Crippen molar-refractivity contribution in [1.82, 2.24) is 4.98 Å². The largest absolute Gasteiger partial charge is 0.462 e. The molecular formula is C12H10FNO3. The SMILES string of the molecule is CCOC(=O)c1c(F)[nH]c2ccccc2c1=O. The molecule has 0 aliphatic carbocycles. The van der Waals surface area contributed by atoms with Gasteiger partial charge in [0, 0.05) is 5.39 Å². The quantitative estimate of drug-likeness (QED) is 0.638. The number of ether oxygens (including phenoxy) is 1. The molecule has 0 amide bonds. The molecule has 1 aromatic carbocycles. The van der Waals surface area contributed by atoms with Crippen LogP contribution in [0.1, 0.15) is 17.3 Å². The minimum Gasteiger partial charge on any atom is -0.462 e. The molecule has 0 saturated carbocycles. The second kappa shape index (κ2) is 4.37. The van der Waals surface area contributed by atoms with Gasteiger partial charge >= 0.3 is 5.97 Å². The number of hydrogen-bond donors (Lipinski definition) is 1. The molecule has 0 saturated heterocycles. The van der Waals surface area contributed by atoms with E-state index in [0.29, 0.717) is 5.52 Å². The summed E-state index contributed by atoms with van der Waals surface area (Å²) in [6.07, 6.45) is 0. The third-order valence-corrected chi connectivity index (χ3v) is 2.34. The summed E-state index contributed by atoms with van der Waals surface area (Å²) in [5.41, 5.74) is -0.885. The van der Waals surface area contributed by atoms with Crippen molar-refractivity contribution in [1.29, 1.82) is 0 Å². The monoisotopic (exact) mass is 235 g/mol. The minimum absolute atomic E-state index is 0.0878. The normalized spacial score (nSPS) is 10.5. The summed E-state index contributed by atoms with van der Waals surface area (Å²) in [7, 11) is 0. The third kappa shape index (κ3) is 1.91. The van der Waals surface area contributed by atoms with Crippen molar-refractivity contribution in [2.45, 2.75) is 6.92 Å². The predicted molar refractivity (Wildman–Crippen MR) is 60.5 cm³/mol. The van der Waals surface area contributed by atoms with Crippen molar-refractivity contribution < 1.29 is 13.9 Å². The summed E-state index contributed by atoms with van der Waals surface area (Å²) >= 11 is 0. The Hall–Kier alpha value is -2.17. The van der Waals surface area contributed by atoms with Gasteiger partial charge in [0.25, 0.3) is 0 Å². The molecule has 1 aromatic heterocycles. The highest BCUT2D eigenvalue weighted by Gasteiger charge is 2.19. The molecule has 0 spiro atoms. The molecule has 0 fully saturated rings. The van der Waals surface area contributed by atoms with Crippen molar-refractivity contribution in [2.24, 2.45) is 0 Å². The highest BCUT2D eigenvalue weighted by Crippen LogP contribution is 2.11. The topological polar surface area (TPSA) is 59.2 Å². The van der Waals surface area contributed by atoms with Gasteiger partial charge in [0.15, 0.2) is 5.56 Å². The maximum absolute atomic E-state index is 13.6. The number of hydrogen-bond acceptors (Lipinski definition) is 3. The van der Waals surface area contributed by atoms with E-state index in [0.717, 1.165) is 0 Å². The molecule has 0 atom stereocenters.